The molecular formula is C15H27N3. The first-order valence-corrected chi connectivity index (χ1v) is 7.10. The largest absolute Gasteiger partial charge is 0.327 e. The molecule has 18 heavy (non-hydrogen) atoms. The van der Waals surface area contributed by atoms with Gasteiger partial charge >= 0.3 is 0 Å². The molecule has 0 aromatic carbocycles. The first-order chi connectivity index (χ1) is 8.36. The number of rotatable bonds is 2. The Morgan fingerprint density at radius 3 is 2.67 bits per heavy atom. The van der Waals surface area contributed by atoms with Crippen molar-refractivity contribution in [3.8, 4) is 0 Å². The van der Waals surface area contributed by atoms with Crippen LogP contribution in [0.3, 0.4) is 0 Å². The van der Waals surface area contributed by atoms with Crippen molar-refractivity contribution < 1.29 is 0 Å². The summed E-state index contributed by atoms with van der Waals surface area (Å²) in [5.41, 5.74) is 7.90. The maximum Gasteiger partial charge on any atom is 0.0627 e. The molecule has 0 radical (unpaired) electrons. The molecule has 0 bridgehead atoms. The van der Waals surface area contributed by atoms with Crippen LogP contribution in [0.1, 0.15) is 45.7 Å². The molecule has 1 fully saturated rings. The van der Waals surface area contributed by atoms with Crippen LogP contribution in [0.25, 0.3) is 0 Å². The molecule has 3 heteroatoms. The van der Waals surface area contributed by atoms with Gasteiger partial charge in [0.15, 0.2) is 0 Å². The molecule has 0 saturated heterocycles. The van der Waals surface area contributed by atoms with E-state index in [9.17, 15) is 0 Å². The van der Waals surface area contributed by atoms with Crippen LogP contribution in [-0.4, -0.2) is 15.8 Å². The Morgan fingerprint density at radius 2 is 2.11 bits per heavy atom. The summed E-state index contributed by atoms with van der Waals surface area (Å²) >= 11 is 0. The summed E-state index contributed by atoms with van der Waals surface area (Å²) < 4.78 is 1.88. The van der Waals surface area contributed by atoms with Gasteiger partial charge in [0.05, 0.1) is 5.69 Å². The Hall–Kier alpha value is -0.830. The maximum atomic E-state index is 6.30. The molecule has 2 N–H and O–H groups in total. The summed E-state index contributed by atoms with van der Waals surface area (Å²) in [6.07, 6.45) is 6.75. The molecule has 3 atom stereocenters. The lowest BCUT2D eigenvalue weighted by Crippen LogP contribution is -2.40. The summed E-state index contributed by atoms with van der Waals surface area (Å²) in [4.78, 5) is 0. The second-order valence-electron chi connectivity index (χ2n) is 6.98. The van der Waals surface area contributed by atoms with Gasteiger partial charge in [0.1, 0.15) is 0 Å². The smallest absolute Gasteiger partial charge is 0.0627 e. The van der Waals surface area contributed by atoms with Crippen molar-refractivity contribution in [3.63, 3.8) is 0 Å². The average molecular weight is 249 g/mol. The number of aryl methyl sites for hydroxylation is 1. The van der Waals surface area contributed by atoms with E-state index in [0.29, 0.717) is 17.4 Å². The Morgan fingerprint density at radius 1 is 1.39 bits per heavy atom. The zero-order chi connectivity index (χ0) is 13.3. The highest BCUT2D eigenvalue weighted by Crippen LogP contribution is 2.40. The highest BCUT2D eigenvalue weighted by atomic mass is 15.2. The van der Waals surface area contributed by atoms with E-state index in [-0.39, 0.29) is 0 Å². The van der Waals surface area contributed by atoms with E-state index in [4.69, 9.17) is 5.73 Å². The van der Waals surface area contributed by atoms with E-state index < -0.39 is 0 Å². The number of nitrogens with zero attached hydrogens (tertiary/aromatic N) is 2. The van der Waals surface area contributed by atoms with Gasteiger partial charge < -0.3 is 5.73 Å². The molecule has 3 nitrogen and oxygen atoms in total. The van der Waals surface area contributed by atoms with Crippen molar-refractivity contribution in [2.45, 2.75) is 52.5 Å². The van der Waals surface area contributed by atoms with Crippen molar-refractivity contribution in [1.82, 2.24) is 9.78 Å². The molecule has 0 amide bonds. The quantitative estimate of drug-likeness (QED) is 0.876. The average Bonchev–Trinajstić information content (AvgIpc) is 2.66. The van der Waals surface area contributed by atoms with Crippen LogP contribution in [0, 0.1) is 17.3 Å². The Kier molecular flexibility index (Phi) is 3.81. The predicted molar refractivity (Wildman–Crippen MR) is 75.2 cm³/mol. The molecule has 0 aliphatic heterocycles. The van der Waals surface area contributed by atoms with Gasteiger partial charge in [0.25, 0.3) is 0 Å². The van der Waals surface area contributed by atoms with Crippen molar-refractivity contribution in [2.24, 2.45) is 30.0 Å². The Balaban J connectivity index is 2.02. The van der Waals surface area contributed by atoms with Crippen LogP contribution >= 0.6 is 0 Å². The lowest BCUT2D eigenvalue weighted by Gasteiger charge is -2.40. The highest BCUT2D eigenvalue weighted by molar-refractivity contribution is 5.02. The maximum absolute atomic E-state index is 6.30. The minimum atomic E-state index is 0.352. The molecule has 1 aromatic rings. The third-order valence-corrected chi connectivity index (χ3v) is 4.51. The van der Waals surface area contributed by atoms with E-state index in [1.807, 2.05) is 17.9 Å². The summed E-state index contributed by atoms with van der Waals surface area (Å²) in [5, 5.41) is 4.49. The van der Waals surface area contributed by atoms with Crippen molar-refractivity contribution in [2.75, 3.05) is 0 Å². The van der Waals surface area contributed by atoms with Gasteiger partial charge in [-0.1, -0.05) is 20.8 Å². The fraction of sp³-hybridized carbons (Fsp3) is 0.800. The molecule has 1 aromatic heterocycles. The molecule has 0 spiro atoms. The fourth-order valence-corrected chi connectivity index (χ4v) is 3.15. The van der Waals surface area contributed by atoms with E-state index in [2.05, 4.69) is 31.9 Å². The number of nitrogens with two attached hydrogens (primary N) is 1. The summed E-state index contributed by atoms with van der Waals surface area (Å²) in [6, 6.07) is 2.47. The third-order valence-electron chi connectivity index (χ3n) is 4.51. The van der Waals surface area contributed by atoms with Gasteiger partial charge in [-0.15, -0.1) is 0 Å². The standard InChI is InChI=1S/C15H27N3/c1-15(2,3)12-5-6-14(16)11(9-12)10-13-7-8-18(4)17-13/h7-8,11-12,14H,5-6,9-10,16H2,1-4H3. The fourth-order valence-electron chi connectivity index (χ4n) is 3.15. The molecule has 1 saturated carbocycles. The lowest BCUT2D eigenvalue weighted by molar-refractivity contribution is 0.126. The molecule has 1 aliphatic rings. The van der Waals surface area contributed by atoms with E-state index >= 15 is 0 Å². The normalized spacial score (nSPS) is 29.5. The van der Waals surface area contributed by atoms with Crippen LogP contribution in [0.4, 0.5) is 0 Å². The number of hydrogen-bond donors (Lipinski definition) is 1. The van der Waals surface area contributed by atoms with E-state index in [1.54, 1.807) is 0 Å². The van der Waals surface area contributed by atoms with Gasteiger partial charge in [0, 0.05) is 19.3 Å². The minimum Gasteiger partial charge on any atom is -0.327 e. The first kappa shape index (κ1) is 13.6. The van der Waals surface area contributed by atoms with Gasteiger partial charge in [-0.05, 0) is 49.0 Å². The molecule has 102 valence electrons. The number of hydrogen-bond acceptors (Lipinski definition) is 2. The predicted octanol–water partition coefficient (Wildman–Crippen LogP) is 2.75. The van der Waals surface area contributed by atoms with Crippen molar-refractivity contribution in [3.05, 3.63) is 18.0 Å². The molecule has 3 unspecified atom stereocenters. The molecule has 1 aliphatic carbocycles. The third kappa shape index (κ3) is 3.14. The highest BCUT2D eigenvalue weighted by Gasteiger charge is 2.34. The zero-order valence-electron chi connectivity index (χ0n) is 12.2. The lowest BCUT2D eigenvalue weighted by atomic mass is 9.67. The SMILES string of the molecule is Cn1ccc(CC2CC(C(C)(C)C)CCC2N)n1. The van der Waals surface area contributed by atoms with Crippen molar-refractivity contribution >= 4 is 0 Å². The van der Waals surface area contributed by atoms with E-state index in [0.717, 1.165) is 12.3 Å². The van der Waals surface area contributed by atoms with E-state index in [1.165, 1.54) is 25.0 Å². The zero-order valence-corrected chi connectivity index (χ0v) is 12.2. The van der Waals surface area contributed by atoms with Gasteiger partial charge in [-0.25, -0.2) is 0 Å². The summed E-state index contributed by atoms with van der Waals surface area (Å²) in [7, 11) is 1.97. The van der Waals surface area contributed by atoms with Crippen LogP contribution in [0.5, 0.6) is 0 Å². The Labute approximate surface area is 111 Å². The summed E-state index contributed by atoms with van der Waals surface area (Å²) in [5.74, 6) is 1.39. The van der Waals surface area contributed by atoms with Gasteiger partial charge in [-0.2, -0.15) is 5.10 Å². The monoisotopic (exact) mass is 249 g/mol. The van der Waals surface area contributed by atoms with Crippen LogP contribution in [-0.2, 0) is 13.5 Å². The van der Waals surface area contributed by atoms with Crippen LogP contribution < -0.4 is 5.73 Å². The van der Waals surface area contributed by atoms with Crippen molar-refractivity contribution in [1.29, 1.82) is 0 Å². The van der Waals surface area contributed by atoms with Crippen LogP contribution in [0.2, 0.25) is 0 Å². The minimum absolute atomic E-state index is 0.352. The molecule has 2 rings (SSSR count). The summed E-state index contributed by atoms with van der Waals surface area (Å²) in [6.45, 7) is 7.06. The van der Waals surface area contributed by atoms with Crippen LogP contribution in [0.15, 0.2) is 12.3 Å². The second-order valence-corrected chi connectivity index (χ2v) is 6.98. The van der Waals surface area contributed by atoms with Gasteiger partial charge in [0.2, 0.25) is 0 Å². The first-order valence-electron chi connectivity index (χ1n) is 7.10. The number of aromatic nitrogens is 2. The Bertz CT molecular complexity index is 389. The topological polar surface area (TPSA) is 43.8 Å². The molecule has 1 heterocycles. The molecular weight excluding hydrogens is 222 g/mol. The van der Waals surface area contributed by atoms with Gasteiger partial charge in [-0.3, -0.25) is 4.68 Å². The second kappa shape index (κ2) is 5.04.